The van der Waals surface area contributed by atoms with Gasteiger partial charge in [-0.25, -0.2) is 4.98 Å². The van der Waals surface area contributed by atoms with E-state index in [9.17, 15) is 0 Å². The van der Waals surface area contributed by atoms with Crippen LogP contribution in [0.1, 0.15) is 12.1 Å². The number of nitrogens with zero attached hydrogens (tertiary/aromatic N) is 2. The summed E-state index contributed by atoms with van der Waals surface area (Å²) < 4.78 is 13.4. The number of hydrogen-bond acceptors (Lipinski definition) is 4. The van der Waals surface area contributed by atoms with Crippen LogP contribution in [0.4, 0.5) is 11.6 Å². The summed E-state index contributed by atoms with van der Waals surface area (Å²) in [7, 11) is 3.37. The van der Waals surface area contributed by atoms with Crippen molar-refractivity contribution in [3.05, 3.63) is 34.6 Å². The molecule has 1 aromatic carbocycles. The van der Waals surface area contributed by atoms with E-state index in [1.165, 1.54) is 0 Å². The molecule has 0 unspecified atom stereocenters. The summed E-state index contributed by atoms with van der Waals surface area (Å²) in [6.45, 7) is 3.59. The molecule has 6 heteroatoms. The van der Waals surface area contributed by atoms with Crippen LogP contribution in [0.3, 0.4) is 0 Å². The van der Waals surface area contributed by atoms with Gasteiger partial charge in [-0.3, -0.25) is 0 Å². The molecule has 0 aliphatic rings. The SMILES string of the molecule is COCCCn1cc(C)nc1Nc1ccc(Br)c(OC)c1. The molecule has 0 radical (unpaired) electrons. The predicted octanol–water partition coefficient (Wildman–Crippen LogP) is 3.74. The molecule has 5 nitrogen and oxygen atoms in total. The lowest BCUT2D eigenvalue weighted by molar-refractivity contribution is 0.190. The third-order valence-electron chi connectivity index (χ3n) is 3.05. The maximum absolute atomic E-state index is 5.31. The van der Waals surface area contributed by atoms with Crippen molar-refractivity contribution >= 4 is 27.6 Å². The lowest BCUT2D eigenvalue weighted by Gasteiger charge is -2.11. The van der Waals surface area contributed by atoms with Crippen LogP contribution in [0.2, 0.25) is 0 Å². The minimum Gasteiger partial charge on any atom is -0.495 e. The summed E-state index contributed by atoms with van der Waals surface area (Å²) in [5, 5.41) is 3.33. The molecule has 2 aromatic rings. The van der Waals surface area contributed by atoms with Crippen LogP contribution in [0.25, 0.3) is 0 Å². The molecule has 0 saturated heterocycles. The standard InChI is InChI=1S/C15H20BrN3O2/c1-11-10-19(7-4-8-20-2)15(17-11)18-12-5-6-13(16)14(9-12)21-3/h5-6,9-10H,4,7-8H2,1-3H3,(H,17,18). The first-order valence-corrected chi connectivity index (χ1v) is 7.56. The minimum absolute atomic E-state index is 0.739. The fourth-order valence-corrected chi connectivity index (χ4v) is 2.47. The molecule has 1 heterocycles. The van der Waals surface area contributed by atoms with Crippen LogP contribution in [0, 0.1) is 6.92 Å². The fourth-order valence-electron chi connectivity index (χ4n) is 2.06. The van der Waals surface area contributed by atoms with E-state index < -0.39 is 0 Å². The Bertz CT molecular complexity index is 599. The molecule has 0 spiro atoms. The molecule has 0 aliphatic carbocycles. The van der Waals surface area contributed by atoms with Crippen molar-refractivity contribution in [2.45, 2.75) is 19.9 Å². The first kappa shape index (κ1) is 15.9. The quantitative estimate of drug-likeness (QED) is 0.770. The molecule has 0 fully saturated rings. The molecular formula is C15H20BrN3O2. The van der Waals surface area contributed by atoms with Crippen LogP contribution in [-0.2, 0) is 11.3 Å². The van der Waals surface area contributed by atoms with Crippen LogP contribution in [0.5, 0.6) is 5.75 Å². The first-order valence-electron chi connectivity index (χ1n) is 6.77. The molecule has 2 rings (SSSR count). The molecule has 0 amide bonds. The fraction of sp³-hybridized carbons (Fsp3) is 0.400. The van der Waals surface area contributed by atoms with Gasteiger partial charge >= 0.3 is 0 Å². The van der Waals surface area contributed by atoms with Gasteiger partial charge in [-0.05, 0) is 41.4 Å². The van der Waals surface area contributed by atoms with Crippen LogP contribution in [0.15, 0.2) is 28.9 Å². The maximum atomic E-state index is 5.31. The molecule has 1 aromatic heterocycles. The number of benzene rings is 1. The Morgan fingerprint density at radius 2 is 2.14 bits per heavy atom. The molecule has 1 N–H and O–H groups in total. The van der Waals surface area contributed by atoms with Gasteiger partial charge in [0.2, 0.25) is 5.95 Å². The van der Waals surface area contributed by atoms with Gasteiger partial charge in [0.05, 0.1) is 17.3 Å². The zero-order valence-electron chi connectivity index (χ0n) is 12.5. The number of aromatic nitrogens is 2. The Morgan fingerprint density at radius 1 is 1.33 bits per heavy atom. The second-order valence-electron chi connectivity index (χ2n) is 4.72. The molecule has 0 saturated carbocycles. The Morgan fingerprint density at radius 3 is 2.86 bits per heavy atom. The number of methoxy groups -OCH3 is 2. The van der Waals surface area contributed by atoms with Crippen molar-refractivity contribution in [1.29, 1.82) is 0 Å². The zero-order valence-corrected chi connectivity index (χ0v) is 14.1. The zero-order chi connectivity index (χ0) is 15.2. The maximum Gasteiger partial charge on any atom is 0.207 e. The number of imidazole rings is 1. The topological polar surface area (TPSA) is 48.3 Å². The molecule has 0 atom stereocenters. The monoisotopic (exact) mass is 353 g/mol. The summed E-state index contributed by atoms with van der Waals surface area (Å²) in [6, 6.07) is 5.87. The van der Waals surface area contributed by atoms with E-state index in [1.54, 1.807) is 14.2 Å². The van der Waals surface area contributed by atoms with Crippen molar-refractivity contribution < 1.29 is 9.47 Å². The molecule has 0 aliphatic heterocycles. The van der Waals surface area contributed by atoms with Crippen LogP contribution < -0.4 is 10.1 Å². The first-order chi connectivity index (χ1) is 10.1. The number of hydrogen-bond donors (Lipinski definition) is 1. The average Bonchev–Trinajstić information content (AvgIpc) is 2.81. The number of aryl methyl sites for hydroxylation is 2. The Balaban J connectivity index is 2.15. The molecule has 114 valence electrons. The Kier molecular flexibility index (Phi) is 5.64. The normalized spacial score (nSPS) is 10.7. The summed E-state index contributed by atoms with van der Waals surface area (Å²) in [4.78, 5) is 4.52. The highest BCUT2D eigenvalue weighted by Crippen LogP contribution is 2.29. The minimum atomic E-state index is 0.739. The van der Waals surface area contributed by atoms with E-state index >= 15 is 0 Å². The van der Waals surface area contributed by atoms with Gasteiger partial charge < -0.3 is 19.4 Å². The number of ether oxygens (including phenoxy) is 2. The predicted molar refractivity (Wildman–Crippen MR) is 87.4 cm³/mol. The van der Waals surface area contributed by atoms with Crippen molar-refractivity contribution in [2.75, 3.05) is 26.1 Å². The molecule has 21 heavy (non-hydrogen) atoms. The second kappa shape index (κ2) is 7.47. The van der Waals surface area contributed by atoms with E-state index in [0.717, 1.165) is 47.1 Å². The van der Waals surface area contributed by atoms with Gasteiger partial charge in [-0.15, -0.1) is 0 Å². The van der Waals surface area contributed by atoms with E-state index in [-0.39, 0.29) is 0 Å². The van der Waals surface area contributed by atoms with Gasteiger partial charge in [-0.1, -0.05) is 0 Å². The van der Waals surface area contributed by atoms with Crippen LogP contribution in [-0.4, -0.2) is 30.4 Å². The summed E-state index contributed by atoms with van der Waals surface area (Å²) in [5.41, 5.74) is 1.92. The number of anilines is 2. The average molecular weight is 354 g/mol. The number of rotatable bonds is 7. The van der Waals surface area contributed by atoms with Crippen molar-refractivity contribution in [3.63, 3.8) is 0 Å². The number of nitrogens with one attached hydrogen (secondary N) is 1. The van der Waals surface area contributed by atoms with Gasteiger partial charge in [0.25, 0.3) is 0 Å². The lowest BCUT2D eigenvalue weighted by atomic mass is 10.3. The van der Waals surface area contributed by atoms with E-state index in [2.05, 4.69) is 30.8 Å². The van der Waals surface area contributed by atoms with E-state index in [4.69, 9.17) is 9.47 Å². The number of halogens is 1. The molecule has 0 bridgehead atoms. The third kappa shape index (κ3) is 4.22. The second-order valence-corrected chi connectivity index (χ2v) is 5.57. The van der Waals surface area contributed by atoms with Crippen molar-refractivity contribution in [2.24, 2.45) is 0 Å². The highest BCUT2D eigenvalue weighted by atomic mass is 79.9. The van der Waals surface area contributed by atoms with Gasteiger partial charge in [-0.2, -0.15) is 0 Å². The summed E-state index contributed by atoms with van der Waals surface area (Å²) in [6.07, 6.45) is 2.98. The van der Waals surface area contributed by atoms with Gasteiger partial charge in [0.1, 0.15) is 5.75 Å². The van der Waals surface area contributed by atoms with Gasteiger partial charge in [0, 0.05) is 38.2 Å². The van der Waals surface area contributed by atoms with Gasteiger partial charge in [0.15, 0.2) is 0 Å². The molecular weight excluding hydrogens is 334 g/mol. The largest absolute Gasteiger partial charge is 0.495 e. The van der Waals surface area contributed by atoms with Crippen LogP contribution >= 0.6 is 15.9 Å². The highest BCUT2D eigenvalue weighted by molar-refractivity contribution is 9.10. The smallest absolute Gasteiger partial charge is 0.207 e. The Hall–Kier alpha value is -1.53. The summed E-state index contributed by atoms with van der Waals surface area (Å²) >= 11 is 3.45. The highest BCUT2D eigenvalue weighted by Gasteiger charge is 2.08. The third-order valence-corrected chi connectivity index (χ3v) is 3.71. The lowest BCUT2D eigenvalue weighted by Crippen LogP contribution is -2.05. The van der Waals surface area contributed by atoms with E-state index in [0.29, 0.717) is 0 Å². The van der Waals surface area contributed by atoms with E-state index in [1.807, 2.05) is 31.3 Å². The van der Waals surface area contributed by atoms with Crippen molar-refractivity contribution in [1.82, 2.24) is 9.55 Å². The summed E-state index contributed by atoms with van der Waals surface area (Å²) in [5.74, 6) is 1.61. The van der Waals surface area contributed by atoms with Crippen molar-refractivity contribution in [3.8, 4) is 5.75 Å². The Labute approximate surface area is 133 Å².